The lowest BCUT2D eigenvalue weighted by atomic mass is 9.65. The van der Waals surface area contributed by atoms with Crippen molar-refractivity contribution in [1.82, 2.24) is 10.2 Å². The van der Waals surface area contributed by atoms with Crippen LogP contribution in [0, 0.1) is 17.3 Å². The molecule has 1 aliphatic heterocycles. The molecule has 4 heteroatoms. The molecule has 0 aromatic rings. The molecule has 4 unspecified atom stereocenters. The summed E-state index contributed by atoms with van der Waals surface area (Å²) in [7, 11) is 0. The van der Waals surface area contributed by atoms with Crippen LogP contribution in [0.3, 0.4) is 0 Å². The van der Waals surface area contributed by atoms with Crippen molar-refractivity contribution in [1.29, 1.82) is 0 Å². The summed E-state index contributed by atoms with van der Waals surface area (Å²) in [6.07, 6.45) is 26.5. The molecule has 1 spiro atoms. The van der Waals surface area contributed by atoms with E-state index in [1.807, 2.05) is 4.90 Å². The zero-order valence-corrected chi connectivity index (χ0v) is 20.3. The highest BCUT2D eigenvalue weighted by Gasteiger charge is 2.52. The minimum absolute atomic E-state index is 0.0800. The number of likely N-dealkylation sites (tertiary alicyclic amines) is 1. The van der Waals surface area contributed by atoms with Gasteiger partial charge in [0.2, 0.25) is 0 Å². The summed E-state index contributed by atoms with van der Waals surface area (Å²) in [5.41, 5.74) is 4.21. The van der Waals surface area contributed by atoms with Crippen LogP contribution < -0.4 is 5.32 Å². The first-order chi connectivity index (χ1) is 15.4. The average Bonchev–Trinajstić information content (AvgIpc) is 3.07. The molecular weight excluding hydrogens is 412 g/mol. The number of carbonyl (C=O) groups is 1. The molecule has 0 aromatic heterocycles. The minimum Gasteiger partial charge on any atom is -0.329 e. The number of amides is 2. The second-order valence-electron chi connectivity index (χ2n) is 10.7. The Morgan fingerprint density at radius 2 is 2.03 bits per heavy atom. The Balaban J connectivity index is 1.20. The van der Waals surface area contributed by atoms with E-state index in [4.69, 9.17) is 12.6 Å². The van der Waals surface area contributed by atoms with Crippen molar-refractivity contribution in [2.45, 2.75) is 63.2 Å². The van der Waals surface area contributed by atoms with Crippen molar-refractivity contribution in [2.75, 3.05) is 13.1 Å². The third-order valence-corrected chi connectivity index (χ3v) is 8.91. The van der Waals surface area contributed by atoms with Crippen LogP contribution in [0.25, 0.3) is 0 Å². The highest BCUT2D eigenvalue weighted by molar-refractivity contribution is 7.81. The molecule has 0 bridgehead atoms. The van der Waals surface area contributed by atoms with E-state index in [1.54, 1.807) is 0 Å². The van der Waals surface area contributed by atoms with Gasteiger partial charge < -0.3 is 10.2 Å². The lowest BCUT2D eigenvalue weighted by Crippen LogP contribution is -2.54. The SMILES string of the molecule is CC1C=CC=C2C(S)CC3(CCN(C(=O)NC4(C)C=CC(C5=CC=CCC5)=CC4)CC3)C21. The summed E-state index contributed by atoms with van der Waals surface area (Å²) in [6, 6.07) is 0.0800. The number of allylic oxidation sites excluding steroid dienone is 9. The normalized spacial score (nSPS) is 35.3. The first-order valence-electron chi connectivity index (χ1n) is 12.3. The standard InChI is InChI=1S/C28H36N2OS/c1-20-7-6-10-23-24(32)19-28(25(20)23)15-17-30(18-16-28)26(31)29-27(2)13-11-22(12-14-27)21-8-4-3-5-9-21/h3-4,6-8,10-13,20,24-25,32H,5,9,14-19H2,1-2H3,(H,29,31). The van der Waals surface area contributed by atoms with Crippen LogP contribution in [0.2, 0.25) is 0 Å². The van der Waals surface area contributed by atoms with E-state index in [0.29, 0.717) is 22.5 Å². The summed E-state index contributed by atoms with van der Waals surface area (Å²) in [4.78, 5) is 15.2. The molecule has 1 N–H and O–H groups in total. The molecule has 4 aliphatic carbocycles. The quantitative estimate of drug-likeness (QED) is 0.488. The van der Waals surface area contributed by atoms with Gasteiger partial charge in [-0.1, -0.05) is 67.2 Å². The lowest BCUT2D eigenvalue weighted by molar-refractivity contribution is 0.0746. The molecule has 5 rings (SSSR count). The maximum atomic E-state index is 13.2. The van der Waals surface area contributed by atoms with Crippen LogP contribution in [0.4, 0.5) is 4.79 Å². The number of nitrogens with zero attached hydrogens (tertiary/aromatic N) is 1. The molecule has 4 atom stereocenters. The van der Waals surface area contributed by atoms with E-state index >= 15 is 0 Å². The maximum Gasteiger partial charge on any atom is 0.318 e. The fourth-order valence-corrected chi connectivity index (χ4v) is 7.23. The minimum atomic E-state index is -0.317. The Hall–Kier alpha value is -1.94. The Kier molecular flexibility index (Phi) is 5.77. The largest absolute Gasteiger partial charge is 0.329 e. The van der Waals surface area contributed by atoms with Gasteiger partial charge in [0.25, 0.3) is 0 Å². The van der Waals surface area contributed by atoms with Crippen molar-refractivity contribution in [2.24, 2.45) is 17.3 Å². The first-order valence-corrected chi connectivity index (χ1v) is 12.8. The monoisotopic (exact) mass is 448 g/mol. The number of thiol groups is 1. The van der Waals surface area contributed by atoms with Gasteiger partial charge >= 0.3 is 6.03 Å². The number of hydrogen-bond acceptors (Lipinski definition) is 2. The van der Waals surface area contributed by atoms with Crippen LogP contribution in [-0.4, -0.2) is 34.8 Å². The van der Waals surface area contributed by atoms with Gasteiger partial charge in [-0.05, 0) is 73.8 Å². The molecule has 0 radical (unpaired) electrons. The van der Waals surface area contributed by atoms with Crippen LogP contribution >= 0.6 is 12.6 Å². The molecule has 5 aliphatic rings. The molecule has 1 saturated carbocycles. The number of rotatable bonds is 2. The number of nitrogens with one attached hydrogen (secondary N) is 1. The molecule has 1 saturated heterocycles. The molecule has 32 heavy (non-hydrogen) atoms. The summed E-state index contributed by atoms with van der Waals surface area (Å²) in [5, 5.41) is 3.70. The van der Waals surface area contributed by atoms with Gasteiger partial charge in [0.05, 0.1) is 5.54 Å². The summed E-state index contributed by atoms with van der Waals surface area (Å²) >= 11 is 4.93. The molecule has 1 heterocycles. The Labute approximate surface area is 198 Å². The van der Waals surface area contributed by atoms with Gasteiger partial charge in [-0.25, -0.2) is 4.79 Å². The number of carbonyl (C=O) groups excluding carboxylic acids is 1. The topological polar surface area (TPSA) is 32.3 Å². The van der Waals surface area contributed by atoms with Crippen LogP contribution in [0.5, 0.6) is 0 Å². The summed E-state index contributed by atoms with van der Waals surface area (Å²) < 4.78 is 0. The number of hydrogen-bond donors (Lipinski definition) is 2. The Bertz CT molecular complexity index is 960. The highest BCUT2D eigenvalue weighted by Crippen LogP contribution is 2.58. The van der Waals surface area contributed by atoms with Gasteiger partial charge in [0, 0.05) is 18.3 Å². The van der Waals surface area contributed by atoms with Gasteiger partial charge in [-0.15, -0.1) is 0 Å². The molecule has 0 aromatic carbocycles. The fourth-order valence-electron chi connectivity index (χ4n) is 6.62. The van der Waals surface area contributed by atoms with Crippen molar-refractivity contribution >= 4 is 18.7 Å². The van der Waals surface area contributed by atoms with Crippen LogP contribution in [-0.2, 0) is 0 Å². The van der Waals surface area contributed by atoms with Gasteiger partial charge in [-0.2, -0.15) is 12.6 Å². The fraction of sp³-hybridized carbons (Fsp3) is 0.536. The second-order valence-corrected chi connectivity index (χ2v) is 11.3. The smallest absolute Gasteiger partial charge is 0.318 e. The number of fused-ring (bicyclic) bond motifs is 2. The Morgan fingerprint density at radius 3 is 2.72 bits per heavy atom. The maximum absolute atomic E-state index is 13.2. The lowest BCUT2D eigenvalue weighted by Gasteiger charge is -2.46. The molecule has 2 fully saturated rings. The van der Waals surface area contributed by atoms with Crippen molar-refractivity contribution in [3.8, 4) is 0 Å². The zero-order valence-electron chi connectivity index (χ0n) is 19.4. The molecule has 2 amide bonds. The summed E-state index contributed by atoms with van der Waals surface area (Å²) in [5.74, 6) is 1.15. The Morgan fingerprint density at radius 1 is 1.22 bits per heavy atom. The number of urea groups is 1. The van der Waals surface area contributed by atoms with Gasteiger partial charge in [-0.3, -0.25) is 0 Å². The van der Waals surface area contributed by atoms with E-state index in [2.05, 4.69) is 73.8 Å². The van der Waals surface area contributed by atoms with E-state index in [0.717, 1.165) is 51.6 Å². The van der Waals surface area contributed by atoms with E-state index < -0.39 is 0 Å². The summed E-state index contributed by atoms with van der Waals surface area (Å²) in [6.45, 7) is 6.16. The van der Waals surface area contributed by atoms with Gasteiger partial charge in [0.15, 0.2) is 0 Å². The predicted octanol–water partition coefficient (Wildman–Crippen LogP) is 6.15. The van der Waals surface area contributed by atoms with Crippen molar-refractivity contribution in [3.05, 3.63) is 71.4 Å². The second kappa shape index (κ2) is 8.44. The third kappa shape index (κ3) is 3.96. The predicted molar refractivity (Wildman–Crippen MR) is 136 cm³/mol. The average molecular weight is 449 g/mol. The van der Waals surface area contributed by atoms with E-state index in [9.17, 15) is 4.79 Å². The van der Waals surface area contributed by atoms with Crippen LogP contribution in [0.15, 0.2) is 71.4 Å². The van der Waals surface area contributed by atoms with Crippen molar-refractivity contribution in [3.63, 3.8) is 0 Å². The zero-order chi connectivity index (χ0) is 22.3. The first kappa shape index (κ1) is 21.9. The highest BCUT2D eigenvalue weighted by atomic mass is 32.1. The van der Waals surface area contributed by atoms with Gasteiger partial charge in [0.1, 0.15) is 0 Å². The van der Waals surface area contributed by atoms with E-state index in [1.165, 1.54) is 16.7 Å². The number of piperidine rings is 1. The van der Waals surface area contributed by atoms with Crippen molar-refractivity contribution < 1.29 is 4.79 Å². The molecular formula is C28H36N2OS. The molecule has 170 valence electrons. The molecule has 3 nitrogen and oxygen atoms in total. The van der Waals surface area contributed by atoms with Crippen LogP contribution in [0.1, 0.15) is 52.4 Å². The van der Waals surface area contributed by atoms with E-state index in [-0.39, 0.29) is 11.6 Å². The third-order valence-electron chi connectivity index (χ3n) is 8.43.